The van der Waals surface area contributed by atoms with Gasteiger partial charge in [0, 0.05) is 7.11 Å². The van der Waals surface area contributed by atoms with Crippen LogP contribution in [0.2, 0.25) is 0 Å². The first kappa shape index (κ1) is 15.1. The van der Waals surface area contributed by atoms with Crippen LogP contribution in [0.5, 0.6) is 5.75 Å². The van der Waals surface area contributed by atoms with E-state index in [0.29, 0.717) is 10.8 Å². The Morgan fingerprint density at radius 1 is 1.33 bits per heavy atom. The molecule has 0 aromatic heterocycles. The van der Waals surface area contributed by atoms with E-state index in [1.54, 1.807) is 19.1 Å². The summed E-state index contributed by atoms with van der Waals surface area (Å²) < 4.78 is 26.9. The lowest BCUT2D eigenvalue weighted by molar-refractivity contribution is 0.186. The van der Waals surface area contributed by atoms with Gasteiger partial charge in [-0.3, -0.25) is 9.15 Å². The predicted octanol–water partition coefficient (Wildman–Crippen LogP) is 3.84. The Balaban J connectivity index is 2.76. The molecule has 1 rings (SSSR count). The topological polar surface area (TPSA) is 57.1 Å². The van der Waals surface area contributed by atoms with Gasteiger partial charge in [0.25, 0.3) is 0 Å². The third-order valence-electron chi connectivity index (χ3n) is 2.03. The van der Waals surface area contributed by atoms with E-state index >= 15 is 0 Å². The fraction of sp³-hybridized carbons (Fsp3) is 0.364. The summed E-state index contributed by atoms with van der Waals surface area (Å²) in [5.74, 6) is 0.405. The van der Waals surface area contributed by atoms with Crippen molar-refractivity contribution in [1.82, 2.24) is 0 Å². The van der Waals surface area contributed by atoms with Gasteiger partial charge in [-0.05, 0) is 32.2 Å². The van der Waals surface area contributed by atoms with E-state index < -0.39 is 7.82 Å². The molecular formula is C11H16NO4PS. The van der Waals surface area contributed by atoms with Crippen molar-refractivity contribution >= 4 is 24.6 Å². The van der Waals surface area contributed by atoms with Gasteiger partial charge in [0.1, 0.15) is 10.8 Å². The average molecular weight is 289 g/mol. The van der Waals surface area contributed by atoms with Gasteiger partial charge >= 0.3 is 7.82 Å². The van der Waals surface area contributed by atoms with Gasteiger partial charge < -0.3 is 4.52 Å². The van der Waals surface area contributed by atoms with Crippen LogP contribution in [0.3, 0.4) is 0 Å². The second kappa shape index (κ2) is 6.83. The minimum Gasteiger partial charge on any atom is -0.394 e. The number of rotatable bonds is 5. The number of oxime groups is 1. The quantitative estimate of drug-likeness (QED) is 0.357. The van der Waals surface area contributed by atoms with Crippen LogP contribution in [0.1, 0.15) is 12.5 Å². The highest BCUT2D eigenvalue weighted by molar-refractivity contribution is 8.13. The summed E-state index contributed by atoms with van der Waals surface area (Å²) in [6, 6.07) is 7.06. The number of nitrogens with zero attached hydrogens (tertiary/aromatic N) is 1. The third-order valence-corrected chi connectivity index (χ3v) is 3.86. The van der Waals surface area contributed by atoms with Crippen LogP contribution in [0.4, 0.5) is 0 Å². The van der Waals surface area contributed by atoms with Crippen LogP contribution in [0.15, 0.2) is 29.4 Å². The standard InChI is InChI=1S/C11H16NO4PS/c1-9-5-7-11(8-6-9)15-17(13,14-3)16-12-10(2)18-4/h5-8H,1-4H3/b12-10+. The Kier molecular flexibility index (Phi) is 5.72. The van der Waals surface area contributed by atoms with E-state index in [0.717, 1.165) is 5.56 Å². The number of aryl methyl sites for hydroxylation is 1. The molecule has 5 nitrogen and oxygen atoms in total. The van der Waals surface area contributed by atoms with Crippen molar-refractivity contribution in [3.8, 4) is 5.75 Å². The molecule has 7 heteroatoms. The third kappa shape index (κ3) is 4.72. The number of phosphoric acid groups is 1. The lowest BCUT2D eigenvalue weighted by atomic mass is 10.2. The molecule has 1 unspecified atom stereocenters. The molecule has 0 amide bonds. The monoisotopic (exact) mass is 289 g/mol. The van der Waals surface area contributed by atoms with Crippen molar-refractivity contribution < 1.29 is 18.2 Å². The summed E-state index contributed by atoms with van der Waals surface area (Å²) in [4.78, 5) is 0. The zero-order valence-corrected chi connectivity index (χ0v) is 12.5. The van der Waals surface area contributed by atoms with Crippen molar-refractivity contribution in [2.75, 3.05) is 13.4 Å². The first-order chi connectivity index (χ1) is 8.49. The molecule has 0 saturated carbocycles. The van der Waals surface area contributed by atoms with Gasteiger partial charge in [-0.15, -0.1) is 11.8 Å². The Morgan fingerprint density at radius 2 is 1.94 bits per heavy atom. The minimum atomic E-state index is -3.71. The molecule has 0 radical (unpaired) electrons. The SMILES string of the molecule is COP(=O)(O/N=C(\C)SC)Oc1ccc(C)cc1. The largest absolute Gasteiger partial charge is 0.608 e. The molecule has 100 valence electrons. The van der Waals surface area contributed by atoms with E-state index in [9.17, 15) is 4.57 Å². The molecule has 0 spiro atoms. The van der Waals surface area contributed by atoms with Crippen LogP contribution < -0.4 is 4.52 Å². The highest BCUT2D eigenvalue weighted by Gasteiger charge is 2.29. The summed E-state index contributed by atoms with van der Waals surface area (Å²) in [7, 11) is -2.46. The Hall–Kier alpha value is -0.970. The van der Waals surface area contributed by atoms with Crippen molar-refractivity contribution in [2.45, 2.75) is 13.8 Å². The fourth-order valence-corrected chi connectivity index (χ4v) is 1.90. The highest BCUT2D eigenvalue weighted by atomic mass is 32.2. The zero-order chi connectivity index (χ0) is 13.6. The molecule has 1 aromatic carbocycles. The van der Waals surface area contributed by atoms with Crippen LogP contribution in [0, 0.1) is 6.92 Å². The molecule has 1 aromatic rings. The summed E-state index contributed by atoms with van der Waals surface area (Å²) in [5.41, 5.74) is 1.08. The molecule has 0 N–H and O–H groups in total. The molecular weight excluding hydrogens is 273 g/mol. The summed E-state index contributed by atoms with van der Waals surface area (Å²) in [5, 5.41) is 4.29. The molecule has 0 aliphatic heterocycles. The van der Waals surface area contributed by atoms with Gasteiger partial charge in [-0.25, -0.2) is 4.57 Å². The minimum absolute atomic E-state index is 0.405. The first-order valence-corrected chi connectivity index (χ1v) is 7.87. The molecule has 0 saturated heterocycles. The van der Waals surface area contributed by atoms with E-state index in [2.05, 4.69) is 5.16 Å². The van der Waals surface area contributed by atoms with Crippen molar-refractivity contribution in [3.05, 3.63) is 29.8 Å². The number of benzene rings is 1. The van der Waals surface area contributed by atoms with Crippen LogP contribution in [-0.2, 0) is 13.7 Å². The lowest BCUT2D eigenvalue weighted by Crippen LogP contribution is -1.98. The van der Waals surface area contributed by atoms with E-state index in [1.165, 1.54) is 18.9 Å². The molecule has 0 aliphatic rings. The second-order valence-electron chi connectivity index (χ2n) is 3.43. The van der Waals surface area contributed by atoms with Crippen molar-refractivity contribution in [2.24, 2.45) is 5.16 Å². The smallest absolute Gasteiger partial charge is 0.394 e. The Morgan fingerprint density at radius 3 is 2.44 bits per heavy atom. The maximum absolute atomic E-state index is 12.1. The molecule has 0 bridgehead atoms. The summed E-state index contributed by atoms with van der Waals surface area (Å²) in [6.45, 7) is 3.68. The summed E-state index contributed by atoms with van der Waals surface area (Å²) in [6.07, 6.45) is 1.83. The van der Waals surface area contributed by atoms with Crippen molar-refractivity contribution in [1.29, 1.82) is 0 Å². The van der Waals surface area contributed by atoms with Gasteiger partial charge in [0.05, 0.1) is 0 Å². The van der Waals surface area contributed by atoms with Gasteiger partial charge in [-0.2, -0.15) is 0 Å². The van der Waals surface area contributed by atoms with E-state index in [-0.39, 0.29) is 0 Å². The molecule has 0 aliphatic carbocycles. The normalized spacial score (nSPS) is 15.0. The molecule has 0 heterocycles. The van der Waals surface area contributed by atoms with Crippen LogP contribution in [0.25, 0.3) is 0 Å². The zero-order valence-electron chi connectivity index (χ0n) is 10.7. The number of thioether (sulfide) groups is 1. The molecule has 18 heavy (non-hydrogen) atoms. The molecule has 0 fully saturated rings. The number of phosphoric ester groups is 1. The van der Waals surface area contributed by atoms with E-state index in [4.69, 9.17) is 13.7 Å². The predicted molar refractivity (Wildman–Crippen MR) is 74.1 cm³/mol. The average Bonchev–Trinajstić information content (AvgIpc) is 2.39. The fourth-order valence-electron chi connectivity index (χ4n) is 0.960. The van der Waals surface area contributed by atoms with Gasteiger partial charge in [0.2, 0.25) is 0 Å². The second-order valence-corrected chi connectivity index (χ2v) is 6.03. The number of hydrogen-bond donors (Lipinski definition) is 0. The van der Waals surface area contributed by atoms with Crippen LogP contribution in [-0.4, -0.2) is 18.4 Å². The summed E-state index contributed by atoms with van der Waals surface area (Å²) >= 11 is 1.38. The van der Waals surface area contributed by atoms with Gasteiger partial charge in [0.15, 0.2) is 0 Å². The first-order valence-electron chi connectivity index (χ1n) is 5.18. The van der Waals surface area contributed by atoms with E-state index in [1.807, 2.05) is 25.3 Å². The molecule has 1 atom stereocenters. The number of hydrogen-bond acceptors (Lipinski definition) is 6. The Bertz CT molecular complexity index is 461. The maximum atomic E-state index is 12.1. The Labute approximate surface area is 111 Å². The van der Waals surface area contributed by atoms with Crippen molar-refractivity contribution in [3.63, 3.8) is 0 Å². The van der Waals surface area contributed by atoms with Crippen LogP contribution >= 0.6 is 19.6 Å². The lowest BCUT2D eigenvalue weighted by Gasteiger charge is -2.13. The van der Waals surface area contributed by atoms with Gasteiger partial charge in [-0.1, -0.05) is 22.9 Å². The maximum Gasteiger partial charge on any atom is 0.608 e. The highest BCUT2D eigenvalue weighted by Crippen LogP contribution is 2.49.